The van der Waals surface area contributed by atoms with Crippen molar-refractivity contribution in [2.45, 2.75) is 26.4 Å². The second-order valence-corrected chi connectivity index (χ2v) is 5.23. The number of alkyl carbamates (subject to hydrolysis) is 1. The first-order chi connectivity index (χ1) is 9.33. The Kier molecular flexibility index (Phi) is 5.21. The number of para-hydroxylation sites is 1. The molecule has 0 atom stereocenters. The van der Waals surface area contributed by atoms with Crippen LogP contribution in [-0.4, -0.2) is 24.8 Å². The fourth-order valence-electron chi connectivity index (χ4n) is 1.49. The number of nitriles is 1. The Balaban J connectivity index is 2.39. The van der Waals surface area contributed by atoms with Crippen molar-refractivity contribution in [2.75, 3.05) is 24.1 Å². The molecule has 1 rings (SSSR count). The number of nitrogen functional groups attached to an aromatic ring is 1. The first-order valence-corrected chi connectivity index (χ1v) is 6.33. The lowest BCUT2D eigenvalue weighted by Crippen LogP contribution is -2.35. The maximum atomic E-state index is 11.4. The van der Waals surface area contributed by atoms with Crippen molar-refractivity contribution in [3.05, 3.63) is 23.8 Å². The van der Waals surface area contributed by atoms with E-state index in [2.05, 4.69) is 10.6 Å². The smallest absolute Gasteiger partial charge is 0.407 e. The molecule has 4 N–H and O–H groups in total. The maximum absolute atomic E-state index is 11.4. The van der Waals surface area contributed by atoms with E-state index in [1.165, 1.54) is 0 Å². The molecule has 20 heavy (non-hydrogen) atoms. The lowest BCUT2D eigenvalue weighted by Gasteiger charge is -2.19. The number of ether oxygens (including phenoxy) is 1. The first kappa shape index (κ1) is 15.6. The van der Waals surface area contributed by atoms with E-state index in [0.717, 1.165) is 0 Å². The first-order valence-electron chi connectivity index (χ1n) is 6.33. The molecule has 0 bridgehead atoms. The van der Waals surface area contributed by atoms with Crippen molar-refractivity contribution >= 4 is 17.5 Å². The van der Waals surface area contributed by atoms with Crippen LogP contribution in [0.4, 0.5) is 16.2 Å². The van der Waals surface area contributed by atoms with Gasteiger partial charge in [0.2, 0.25) is 0 Å². The van der Waals surface area contributed by atoms with E-state index in [9.17, 15) is 4.79 Å². The minimum Gasteiger partial charge on any atom is -0.444 e. The molecule has 0 spiro atoms. The highest BCUT2D eigenvalue weighted by molar-refractivity contribution is 5.73. The average Bonchev–Trinajstić information content (AvgIpc) is 2.34. The largest absolute Gasteiger partial charge is 0.444 e. The van der Waals surface area contributed by atoms with Gasteiger partial charge >= 0.3 is 6.09 Å². The minimum absolute atomic E-state index is 0.394. The molecule has 0 heterocycles. The number of nitrogens with one attached hydrogen (secondary N) is 2. The third-order valence-corrected chi connectivity index (χ3v) is 2.34. The lowest BCUT2D eigenvalue weighted by molar-refractivity contribution is 0.0530. The van der Waals surface area contributed by atoms with Gasteiger partial charge < -0.3 is 21.1 Å². The molecule has 1 aromatic carbocycles. The van der Waals surface area contributed by atoms with Crippen molar-refractivity contribution in [1.29, 1.82) is 5.26 Å². The summed E-state index contributed by atoms with van der Waals surface area (Å²) >= 11 is 0. The fraction of sp³-hybridized carbons (Fsp3) is 0.429. The molecule has 6 heteroatoms. The zero-order valence-electron chi connectivity index (χ0n) is 12.0. The second kappa shape index (κ2) is 6.66. The van der Waals surface area contributed by atoms with Crippen LogP contribution < -0.4 is 16.4 Å². The predicted molar refractivity (Wildman–Crippen MR) is 78.3 cm³/mol. The van der Waals surface area contributed by atoms with Gasteiger partial charge in [0, 0.05) is 13.1 Å². The van der Waals surface area contributed by atoms with Crippen LogP contribution in [0.1, 0.15) is 26.3 Å². The monoisotopic (exact) mass is 276 g/mol. The summed E-state index contributed by atoms with van der Waals surface area (Å²) in [6.45, 7) is 6.29. The van der Waals surface area contributed by atoms with Crippen molar-refractivity contribution in [1.82, 2.24) is 5.32 Å². The van der Waals surface area contributed by atoms with Crippen LogP contribution >= 0.6 is 0 Å². The summed E-state index contributed by atoms with van der Waals surface area (Å²) in [4.78, 5) is 11.4. The topological polar surface area (TPSA) is 100 Å². The lowest BCUT2D eigenvalue weighted by atomic mass is 10.1. The molecule has 0 fully saturated rings. The fourth-order valence-corrected chi connectivity index (χ4v) is 1.49. The maximum Gasteiger partial charge on any atom is 0.407 e. The molecule has 0 aliphatic rings. The van der Waals surface area contributed by atoms with Gasteiger partial charge in [0.05, 0.1) is 16.9 Å². The van der Waals surface area contributed by atoms with Gasteiger partial charge in [0.1, 0.15) is 11.7 Å². The van der Waals surface area contributed by atoms with Crippen LogP contribution in [0.5, 0.6) is 0 Å². The number of carbonyl (C=O) groups excluding carboxylic acids is 1. The Labute approximate surface area is 118 Å². The Morgan fingerprint density at radius 2 is 2.10 bits per heavy atom. The summed E-state index contributed by atoms with van der Waals surface area (Å²) in [5, 5.41) is 14.6. The molecule has 1 aromatic rings. The van der Waals surface area contributed by atoms with E-state index in [4.69, 9.17) is 15.7 Å². The molecule has 0 saturated heterocycles. The summed E-state index contributed by atoms with van der Waals surface area (Å²) < 4.78 is 5.10. The number of amides is 1. The van der Waals surface area contributed by atoms with E-state index in [1.807, 2.05) is 6.07 Å². The third-order valence-electron chi connectivity index (χ3n) is 2.34. The standard InChI is InChI=1S/C14H20N4O2/c1-14(2,3)20-13(19)18-8-7-17-11-6-4-5-10(9-15)12(11)16/h4-6,17H,7-8,16H2,1-3H3,(H,18,19). The molecule has 0 aliphatic heterocycles. The number of hydrogen-bond acceptors (Lipinski definition) is 5. The van der Waals surface area contributed by atoms with Crippen LogP contribution in [0.3, 0.4) is 0 Å². The number of nitrogens with two attached hydrogens (primary N) is 1. The number of hydrogen-bond donors (Lipinski definition) is 3. The number of benzene rings is 1. The molecule has 6 nitrogen and oxygen atoms in total. The van der Waals surface area contributed by atoms with Crippen molar-refractivity contribution in [2.24, 2.45) is 0 Å². The molecular weight excluding hydrogens is 256 g/mol. The Morgan fingerprint density at radius 1 is 1.40 bits per heavy atom. The summed E-state index contributed by atoms with van der Waals surface area (Å²) in [7, 11) is 0. The molecular formula is C14H20N4O2. The number of rotatable bonds is 4. The van der Waals surface area contributed by atoms with Crippen molar-refractivity contribution in [3.8, 4) is 6.07 Å². The van der Waals surface area contributed by atoms with Gasteiger partial charge in [-0.15, -0.1) is 0 Å². The zero-order chi connectivity index (χ0) is 15.2. The van der Waals surface area contributed by atoms with Crippen LogP contribution in [0, 0.1) is 11.3 Å². The highest BCUT2D eigenvalue weighted by Gasteiger charge is 2.15. The molecule has 108 valence electrons. The van der Waals surface area contributed by atoms with Gasteiger partial charge in [-0.05, 0) is 32.9 Å². The van der Waals surface area contributed by atoms with Crippen LogP contribution in [0.25, 0.3) is 0 Å². The molecule has 0 radical (unpaired) electrons. The van der Waals surface area contributed by atoms with Gasteiger partial charge in [0.25, 0.3) is 0 Å². The highest BCUT2D eigenvalue weighted by atomic mass is 16.6. The average molecular weight is 276 g/mol. The van der Waals surface area contributed by atoms with E-state index in [1.54, 1.807) is 39.0 Å². The molecule has 0 unspecified atom stereocenters. The number of carbonyl (C=O) groups is 1. The highest BCUT2D eigenvalue weighted by Crippen LogP contribution is 2.21. The number of nitrogens with zero attached hydrogens (tertiary/aromatic N) is 1. The van der Waals surface area contributed by atoms with E-state index < -0.39 is 11.7 Å². The summed E-state index contributed by atoms with van der Waals surface area (Å²) in [5.74, 6) is 0. The SMILES string of the molecule is CC(C)(C)OC(=O)NCCNc1cccc(C#N)c1N. The summed E-state index contributed by atoms with van der Waals surface area (Å²) in [6.07, 6.45) is -0.460. The van der Waals surface area contributed by atoms with Crippen molar-refractivity contribution in [3.63, 3.8) is 0 Å². The number of anilines is 2. The molecule has 0 aliphatic carbocycles. The van der Waals surface area contributed by atoms with Gasteiger partial charge in [-0.3, -0.25) is 0 Å². The van der Waals surface area contributed by atoms with Gasteiger partial charge in [-0.25, -0.2) is 4.79 Å². The van der Waals surface area contributed by atoms with Gasteiger partial charge in [0.15, 0.2) is 0 Å². The summed E-state index contributed by atoms with van der Waals surface area (Å²) in [5.41, 5.74) is 6.82. The quantitative estimate of drug-likeness (QED) is 0.577. The third kappa shape index (κ3) is 5.06. The Bertz CT molecular complexity index is 515. The summed E-state index contributed by atoms with van der Waals surface area (Å²) in [6, 6.07) is 7.20. The molecule has 1 amide bonds. The van der Waals surface area contributed by atoms with Gasteiger partial charge in [-0.1, -0.05) is 6.07 Å². The Hall–Kier alpha value is -2.42. The minimum atomic E-state index is -0.511. The second-order valence-electron chi connectivity index (χ2n) is 5.23. The predicted octanol–water partition coefficient (Wildman–Crippen LogP) is 2.08. The van der Waals surface area contributed by atoms with Crippen LogP contribution in [0.15, 0.2) is 18.2 Å². The Morgan fingerprint density at radius 3 is 2.70 bits per heavy atom. The zero-order valence-corrected chi connectivity index (χ0v) is 12.0. The van der Waals surface area contributed by atoms with E-state index in [-0.39, 0.29) is 0 Å². The van der Waals surface area contributed by atoms with Crippen molar-refractivity contribution < 1.29 is 9.53 Å². The van der Waals surface area contributed by atoms with Crippen LogP contribution in [-0.2, 0) is 4.74 Å². The van der Waals surface area contributed by atoms with E-state index >= 15 is 0 Å². The van der Waals surface area contributed by atoms with Gasteiger partial charge in [-0.2, -0.15) is 5.26 Å². The normalized spacial score (nSPS) is 10.5. The molecule has 0 aromatic heterocycles. The van der Waals surface area contributed by atoms with E-state index in [0.29, 0.717) is 30.0 Å². The van der Waals surface area contributed by atoms with Crippen LogP contribution in [0.2, 0.25) is 0 Å². The molecule has 0 saturated carbocycles.